The third kappa shape index (κ3) is 3.85. The lowest BCUT2D eigenvalue weighted by molar-refractivity contribution is -0.131. The summed E-state index contributed by atoms with van der Waals surface area (Å²) < 4.78 is 0. The van der Waals surface area contributed by atoms with Crippen molar-refractivity contribution >= 4 is 34.3 Å². The fraction of sp³-hybridized carbons (Fsp3) is 0.227. The maximum atomic E-state index is 12.8. The second-order valence-electron chi connectivity index (χ2n) is 6.85. The molecule has 2 amide bonds. The Hall–Kier alpha value is -2.92. The highest BCUT2D eigenvalue weighted by atomic mass is 35.5. The van der Waals surface area contributed by atoms with Gasteiger partial charge in [-0.1, -0.05) is 41.9 Å². The molecule has 0 saturated carbocycles. The molecule has 1 aliphatic rings. The molecule has 0 radical (unpaired) electrons. The maximum Gasteiger partial charge on any atom is 0.254 e. The zero-order chi connectivity index (χ0) is 19.5. The third-order valence-corrected chi connectivity index (χ3v) is 5.28. The van der Waals surface area contributed by atoms with Crippen LogP contribution in [0.4, 0.5) is 0 Å². The molecule has 1 saturated heterocycles. The largest absolute Gasteiger partial charge is 0.339 e. The summed E-state index contributed by atoms with van der Waals surface area (Å²) in [5.74, 6) is 0.0147. The molecule has 5 nitrogen and oxygen atoms in total. The Bertz CT molecular complexity index is 1020. The summed E-state index contributed by atoms with van der Waals surface area (Å²) in [6.07, 6.45) is 2.06. The molecular weight excluding hydrogens is 374 g/mol. The quantitative estimate of drug-likeness (QED) is 0.685. The second kappa shape index (κ2) is 7.98. The van der Waals surface area contributed by atoms with Crippen LogP contribution in [0.25, 0.3) is 10.9 Å². The lowest BCUT2D eigenvalue weighted by Gasteiger charge is -2.35. The minimum absolute atomic E-state index is 0.0483. The SMILES string of the molecule is O=C(Cc1cccc2cccnc12)N1CCN(C(=O)c2cccc(Cl)c2)CC1. The van der Waals surface area contributed by atoms with E-state index in [1.165, 1.54) is 0 Å². The Morgan fingerprint density at radius 3 is 2.43 bits per heavy atom. The number of nitrogens with zero attached hydrogens (tertiary/aromatic N) is 3. The Kier molecular flexibility index (Phi) is 5.26. The number of para-hydroxylation sites is 1. The first-order valence-electron chi connectivity index (χ1n) is 9.27. The zero-order valence-electron chi connectivity index (χ0n) is 15.3. The van der Waals surface area contributed by atoms with E-state index in [0.717, 1.165) is 16.5 Å². The van der Waals surface area contributed by atoms with E-state index in [1.54, 1.807) is 35.4 Å². The van der Waals surface area contributed by atoms with E-state index in [9.17, 15) is 9.59 Å². The number of piperazine rings is 1. The summed E-state index contributed by atoms with van der Waals surface area (Å²) in [7, 11) is 0. The molecule has 4 rings (SSSR count). The van der Waals surface area contributed by atoms with Crippen LogP contribution in [-0.4, -0.2) is 52.8 Å². The molecule has 0 aliphatic carbocycles. The second-order valence-corrected chi connectivity index (χ2v) is 7.29. The van der Waals surface area contributed by atoms with Crippen LogP contribution < -0.4 is 0 Å². The zero-order valence-corrected chi connectivity index (χ0v) is 16.1. The summed E-state index contributed by atoms with van der Waals surface area (Å²) >= 11 is 5.98. The molecule has 142 valence electrons. The third-order valence-electron chi connectivity index (χ3n) is 5.05. The van der Waals surface area contributed by atoms with E-state index in [4.69, 9.17) is 11.6 Å². The van der Waals surface area contributed by atoms with Gasteiger partial charge in [0.1, 0.15) is 0 Å². The first kappa shape index (κ1) is 18.4. The normalized spacial score (nSPS) is 14.3. The van der Waals surface area contributed by atoms with E-state index in [2.05, 4.69) is 4.98 Å². The van der Waals surface area contributed by atoms with Crippen molar-refractivity contribution in [1.29, 1.82) is 0 Å². The van der Waals surface area contributed by atoms with Gasteiger partial charge >= 0.3 is 0 Å². The number of hydrogen-bond donors (Lipinski definition) is 0. The molecule has 0 spiro atoms. The summed E-state index contributed by atoms with van der Waals surface area (Å²) in [5.41, 5.74) is 2.38. The monoisotopic (exact) mass is 393 g/mol. The molecule has 1 aliphatic heterocycles. The van der Waals surface area contributed by atoms with Gasteiger partial charge in [-0.3, -0.25) is 14.6 Å². The van der Waals surface area contributed by atoms with Crippen LogP contribution in [-0.2, 0) is 11.2 Å². The number of pyridine rings is 1. The number of carbonyl (C=O) groups excluding carboxylic acids is 2. The number of amides is 2. The Balaban J connectivity index is 1.39. The topological polar surface area (TPSA) is 53.5 Å². The van der Waals surface area contributed by atoms with Gasteiger partial charge in [-0.2, -0.15) is 0 Å². The van der Waals surface area contributed by atoms with E-state index in [0.29, 0.717) is 43.2 Å². The molecular formula is C22H20ClN3O2. The van der Waals surface area contributed by atoms with Gasteiger partial charge in [0.25, 0.3) is 5.91 Å². The van der Waals surface area contributed by atoms with Crippen molar-refractivity contribution in [3.63, 3.8) is 0 Å². The fourth-order valence-corrected chi connectivity index (χ4v) is 3.74. The van der Waals surface area contributed by atoms with Gasteiger partial charge in [-0.05, 0) is 29.8 Å². The highest BCUT2D eigenvalue weighted by Crippen LogP contribution is 2.18. The van der Waals surface area contributed by atoms with Crippen molar-refractivity contribution in [2.24, 2.45) is 0 Å². The molecule has 1 fully saturated rings. The highest BCUT2D eigenvalue weighted by Gasteiger charge is 2.25. The summed E-state index contributed by atoms with van der Waals surface area (Å²) in [6, 6.07) is 16.7. The molecule has 0 atom stereocenters. The summed E-state index contributed by atoms with van der Waals surface area (Å²) in [5, 5.41) is 1.58. The van der Waals surface area contributed by atoms with Crippen LogP contribution in [0.2, 0.25) is 5.02 Å². The van der Waals surface area contributed by atoms with Crippen LogP contribution in [0.3, 0.4) is 0 Å². The minimum Gasteiger partial charge on any atom is -0.339 e. The summed E-state index contributed by atoms with van der Waals surface area (Å²) in [6.45, 7) is 2.10. The maximum absolute atomic E-state index is 12.8. The molecule has 0 bridgehead atoms. The predicted octanol–water partition coefficient (Wildman–Crippen LogP) is 3.42. The fourth-order valence-electron chi connectivity index (χ4n) is 3.55. The molecule has 0 N–H and O–H groups in total. The van der Waals surface area contributed by atoms with Crippen molar-refractivity contribution in [2.75, 3.05) is 26.2 Å². The van der Waals surface area contributed by atoms with Crippen LogP contribution in [0.5, 0.6) is 0 Å². The van der Waals surface area contributed by atoms with Gasteiger partial charge in [-0.25, -0.2) is 0 Å². The van der Waals surface area contributed by atoms with Crippen molar-refractivity contribution in [3.05, 3.63) is 76.9 Å². The van der Waals surface area contributed by atoms with E-state index in [-0.39, 0.29) is 11.8 Å². The average molecular weight is 394 g/mol. The van der Waals surface area contributed by atoms with Gasteiger partial charge in [-0.15, -0.1) is 0 Å². The first-order chi connectivity index (χ1) is 13.6. The van der Waals surface area contributed by atoms with Gasteiger partial charge in [0, 0.05) is 48.3 Å². The first-order valence-corrected chi connectivity index (χ1v) is 9.65. The smallest absolute Gasteiger partial charge is 0.254 e. The Labute approximate surface area is 168 Å². The van der Waals surface area contributed by atoms with E-state index in [1.807, 2.05) is 35.2 Å². The number of carbonyl (C=O) groups is 2. The standard InChI is InChI=1S/C22H20ClN3O2/c23-19-8-2-6-18(14-19)22(28)26-12-10-25(11-13-26)20(27)15-17-5-1-4-16-7-3-9-24-21(16)17/h1-9,14H,10-13,15H2. The van der Waals surface area contributed by atoms with Crippen molar-refractivity contribution in [3.8, 4) is 0 Å². The van der Waals surface area contributed by atoms with E-state index < -0.39 is 0 Å². The number of rotatable bonds is 3. The van der Waals surface area contributed by atoms with Crippen molar-refractivity contribution in [1.82, 2.24) is 14.8 Å². The molecule has 28 heavy (non-hydrogen) atoms. The molecule has 0 unspecified atom stereocenters. The number of fused-ring (bicyclic) bond motifs is 1. The Morgan fingerprint density at radius 1 is 0.929 bits per heavy atom. The van der Waals surface area contributed by atoms with Gasteiger partial charge < -0.3 is 9.80 Å². The van der Waals surface area contributed by atoms with Crippen molar-refractivity contribution < 1.29 is 9.59 Å². The Morgan fingerprint density at radius 2 is 1.64 bits per heavy atom. The van der Waals surface area contributed by atoms with Crippen LogP contribution >= 0.6 is 11.6 Å². The molecule has 6 heteroatoms. The lowest BCUT2D eigenvalue weighted by Crippen LogP contribution is -2.51. The highest BCUT2D eigenvalue weighted by molar-refractivity contribution is 6.30. The van der Waals surface area contributed by atoms with Crippen molar-refractivity contribution in [2.45, 2.75) is 6.42 Å². The molecule has 2 aromatic carbocycles. The number of aromatic nitrogens is 1. The lowest BCUT2D eigenvalue weighted by atomic mass is 10.1. The van der Waals surface area contributed by atoms with Gasteiger partial charge in [0.05, 0.1) is 11.9 Å². The molecule has 2 heterocycles. The molecule has 1 aromatic heterocycles. The van der Waals surface area contributed by atoms with Crippen LogP contribution in [0, 0.1) is 0 Å². The molecule has 3 aromatic rings. The average Bonchev–Trinajstić information content (AvgIpc) is 2.73. The van der Waals surface area contributed by atoms with Crippen LogP contribution in [0.15, 0.2) is 60.8 Å². The number of benzene rings is 2. The van der Waals surface area contributed by atoms with E-state index >= 15 is 0 Å². The minimum atomic E-state index is -0.0483. The summed E-state index contributed by atoms with van der Waals surface area (Å²) in [4.78, 5) is 33.4. The van der Waals surface area contributed by atoms with Gasteiger partial charge in [0.15, 0.2) is 0 Å². The van der Waals surface area contributed by atoms with Crippen LogP contribution in [0.1, 0.15) is 15.9 Å². The van der Waals surface area contributed by atoms with Gasteiger partial charge in [0.2, 0.25) is 5.91 Å². The predicted molar refractivity (Wildman–Crippen MR) is 109 cm³/mol. The number of hydrogen-bond acceptors (Lipinski definition) is 3. The number of halogens is 1.